The predicted molar refractivity (Wildman–Crippen MR) is 133 cm³/mol. The van der Waals surface area contributed by atoms with E-state index in [1.165, 1.54) is 46.5 Å². The second-order valence-electron chi connectivity index (χ2n) is 8.50. The van der Waals surface area contributed by atoms with E-state index in [-0.39, 0.29) is 6.61 Å². The number of aliphatic hydroxyl groups is 1. The van der Waals surface area contributed by atoms with Crippen LogP contribution >= 0.6 is 27.3 Å². The van der Waals surface area contributed by atoms with Crippen molar-refractivity contribution >= 4 is 37.4 Å². The van der Waals surface area contributed by atoms with Crippen LogP contribution in [0.4, 0.5) is 0 Å². The van der Waals surface area contributed by atoms with E-state index in [9.17, 15) is 5.11 Å². The number of thiophene rings is 1. The van der Waals surface area contributed by atoms with Crippen molar-refractivity contribution in [3.05, 3.63) is 62.9 Å². The van der Waals surface area contributed by atoms with Gasteiger partial charge in [-0.1, -0.05) is 24.3 Å². The number of nitrogens with zero attached hydrogens (tertiary/aromatic N) is 2. The summed E-state index contributed by atoms with van der Waals surface area (Å²) in [7, 11) is 4.39. The number of piperidine rings is 1. The van der Waals surface area contributed by atoms with E-state index < -0.39 is 0 Å². The topological polar surface area (TPSA) is 35.9 Å². The van der Waals surface area contributed by atoms with E-state index in [0.29, 0.717) is 6.61 Å². The minimum absolute atomic E-state index is 0.0329. The van der Waals surface area contributed by atoms with E-state index >= 15 is 0 Å². The van der Waals surface area contributed by atoms with Gasteiger partial charge in [-0.25, -0.2) is 0 Å². The molecule has 1 aliphatic heterocycles. The average Bonchev–Trinajstić information content (AvgIpc) is 3.14. The van der Waals surface area contributed by atoms with Crippen LogP contribution in [0.1, 0.15) is 28.8 Å². The number of hydrogen-bond donors (Lipinski definition) is 1. The summed E-state index contributed by atoms with van der Waals surface area (Å²) in [5.74, 6) is 0.811. The summed E-state index contributed by atoms with van der Waals surface area (Å²) >= 11 is 5.41. The van der Waals surface area contributed by atoms with Crippen LogP contribution in [0.25, 0.3) is 10.1 Å². The fourth-order valence-corrected chi connectivity index (χ4v) is 6.08. The third kappa shape index (κ3) is 5.49. The third-order valence-corrected chi connectivity index (χ3v) is 8.09. The molecule has 4 rings (SSSR count). The van der Waals surface area contributed by atoms with Gasteiger partial charge in [-0.3, -0.25) is 0 Å². The molecule has 1 N–H and O–H groups in total. The summed E-state index contributed by atoms with van der Waals surface area (Å²) in [5.41, 5.74) is 2.30. The summed E-state index contributed by atoms with van der Waals surface area (Å²) in [5, 5.41) is 10.7. The van der Waals surface area contributed by atoms with Crippen molar-refractivity contribution in [3.63, 3.8) is 0 Å². The number of rotatable bonds is 8. The normalized spacial score (nSPS) is 15.8. The Balaban J connectivity index is 1.46. The second kappa shape index (κ2) is 10.5. The van der Waals surface area contributed by atoms with Crippen molar-refractivity contribution < 1.29 is 9.84 Å². The van der Waals surface area contributed by atoms with E-state index in [1.54, 1.807) is 0 Å². The minimum atomic E-state index is 0.0329. The Morgan fingerprint density at radius 3 is 2.65 bits per heavy atom. The molecule has 0 saturated carbocycles. The summed E-state index contributed by atoms with van der Waals surface area (Å²) in [4.78, 5) is 6.29. The van der Waals surface area contributed by atoms with Gasteiger partial charge in [0.25, 0.3) is 0 Å². The molecule has 6 heteroatoms. The van der Waals surface area contributed by atoms with Crippen LogP contribution < -0.4 is 4.74 Å². The molecule has 0 unspecified atom stereocenters. The lowest BCUT2D eigenvalue weighted by molar-refractivity contribution is 0.146. The average molecular weight is 504 g/mol. The smallest absolute Gasteiger partial charge is 0.134 e. The number of aliphatic hydroxyl groups excluding tert-OH is 1. The molecular weight excluding hydrogens is 472 g/mol. The molecule has 3 aromatic rings. The van der Waals surface area contributed by atoms with E-state index in [2.05, 4.69) is 64.1 Å². The first kappa shape index (κ1) is 22.7. The van der Waals surface area contributed by atoms with E-state index in [0.717, 1.165) is 34.8 Å². The van der Waals surface area contributed by atoms with Crippen molar-refractivity contribution in [3.8, 4) is 5.75 Å². The molecule has 0 aliphatic carbocycles. The molecule has 4 nitrogen and oxygen atoms in total. The highest BCUT2D eigenvalue weighted by atomic mass is 79.9. The number of hydrogen-bond acceptors (Lipinski definition) is 5. The van der Waals surface area contributed by atoms with Crippen molar-refractivity contribution in [1.29, 1.82) is 0 Å². The molecule has 2 heterocycles. The third-order valence-electron chi connectivity index (χ3n) is 6.28. The van der Waals surface area contributed by atoms with Gasteiger partial charge in [0.05, 0.1) is 11.1 Å². The standard InChI is InChI=1S/C25H31BrN2O2S/c1-27(2)19-9-12-28(13-10-19)14-11-21-20-5-3-4-6-24(20)31-25(21)17-30-23-8-7-18(16-29)15-22(23)26/h3-8,15,19,29H,9-14,16-17H2,1-2H3. The van der Waals surface area contributed by atoms with Crippen LogP contribution in [0.5, 0.6) is 5.75 Å². The molecule has 0 amide bonds. The molecular formula is C25H31BrN2O2S. The minimum Gasteiger partial charge on any atom is -0.487 e. The Morgan fingerprint density at radius 1 is 1.16 bits per heavy atom. The SMILES string of the molecule is CN(C)C1CCN(CCc2c(COc3ccc(CO)cc3Br)sc3ccccc23)CC1. The Morgan fingerprint density at radius 2 is 1.94 bits per heavy atom. The highest BCUT2D eigenvalue weighted by Crippen LogP contribution is 2.34. The van der Waals surface area contributed by atoms with Gasteiger partial charge in [0.1, 0.15) is 12.4 Å². The van der Waals surface area contributed by atoms with Gasteiger partial charge in [-0.05, 0) is 97.1 Å². The maximum atomic E-state index is 9.32. The zero-order valence-corrected chi connectivity index (χ0v) is 20.7. The van der Waals surface area contributed by atoms with Crippen LogP contribution in [0.15, 0.2) is 46.9 Å². The highest BCUT2D eigenvalue weighted by molar-refractivity contribution is 9.10. The van der Waals surface area contributed by atoms with Crippen molar-refractivity contribution in [2.45, 2.75) is 38.5 Å². The Labute approximate surface area is 197 Å². The first-order chi connectivity index (χ1) is 15.0. The largest absolute Gasteiger partial charge is 0.487 e. The van der Waals surface area contributed by atoms with E-state index in [4.69, 9.17) is 4.74 Å². The molecule has 2 aromatic carbocycles. The highest BCUT2D eigenvalue weighted by Gasteiger charge is 2.21. The van der Waals surface area contributed by atoms with Crippen LogP contribution in [0.2, 0.25) is 0 Å². The maximum Gasteiger partial charge on any atom is 0.134 e. The molecule has 0 atom stereocenters. The first-order valence-electron chi connectivity index (χ1n) is 11.0. The number of likely N-dealkylation sites (tertiary alicyclic amines) is 1. The van der Waals surface area contributed by atoms with Gasteiger partial charge in [0, 0.05) is 22.2 Å². The molecule has 0 radical (unpaired) electrons. The Hall–Kier alpha value is -1.44. The van der Waals surface area contributed by atoms with Gasteiger partial charge >= 0.3 is 0 Å². The summed E-state index contributed by atoms with van der Waals surface area (Å²) in [6.07, 6.45) is 3.57. The molecule has 31 heavy (non-hydrogen) atoms. The summed E-state index contributed by atoms with van der Waals surface area (Å²) in [6, 6.07) is 15.2. The van der Waals surface area contributed by atoms with Gasteiger partial charge in [-0.15, -0.1) is 11.3 Å². The molecule has 166 valence electrons. The monoisotopic (exact) mass is 502 g/mol. The van der Waals surface area contributed by atoms with Crippen LogP contribution in [0.3, 0.4) is 0 Å². The lowest BCUT2D eigenvalue weighted by atomic mass is 10.0. The zero-order valence-electron chi connectivity index (χ0n) is 18.3. The summed E-state index contributed by atoms with van der Waals surface area (Å²) in [6.45, 7) is 4.06. The molecule has 1 aliphatic rings. The van der Waals surface area contributed by atoms with E-state index in [1.807, 2.05) is 29.5 Å². The summed E-state index contributed by atoms with van der Waals surface area (Å²) < 4.78 is 8.40. The fourth-order valence-electron chi connectivity index (χ4n) is 4.37. The molecule has 1 fully saturated rings. The maximum absolute atomic E-state index is 9.32. The Kier molecular flexibility index (Phi) is 7.67. The zero-order chi connectivity index (χ0) is 21.8. The molecule has 0 spiro atoms. The predicted octanol–water partition coefficient (Wildman–Crippen LogP) is 5.30. The number of ether oxygens (including phenoxy) is 1. The number of benzene rings is 2. The van der Waals surface area contributed by atoms with Gasteiger partial charge in [0.2, 0.25) is 0 Å². The lowest BCUT2D eigenvalue weighted by Crippen LogP contribution is -2.42. The van der Waals surface area contributed by atoms with Crippen LogP contribution in [-0.4, -0.2) is 54.7 Å². The van der Waals surface area contributed by atoms with Crippen LogP contribution in [-0.2, 0) is 19.6 Å². The van der Waals surface area contributed by atoms with Crippen LogP contribution in [0, 0.1) is 0 Å². The molecule has 1 saturated heterocycles. The Bertz CT molecular complexity index is 1010. The lowest BCUT2D eigenvalue weighted by Gasteiger charge is -2.35. The van der Waals surface area contributed by atoms with Gasteiger partial charge in [-0.2, -0.15) is 0 Å². The fraction of sp³-hybridized carbons (Fsp3) is 0.440. The quantitative estimate of drug-likeness (QED) is 0.453. The van der Waals surface area contributed by atoms with Gasteiger partial charge in [0.15, 0.2) is 0 Å². The van der Waals surface area contributed by atoms with Crippen molar-refractivity contribution in [2.24, 2.45) is 0 Å². The van der Waals surface area contributed by atoms with Crippen molar-refractivity contribution in [1.82, 2.24) is 9.80 Å². The van der Waals surface area contributed by atoms with Crippen molar-refractivity contribution in [2.75, 3.05) is 33.7 Å². The first-order valence-corrected chi connectivity index (χ1v) is 12.6. The molecule has 0 bridgehead atoms. The molecule has 1 aromatic heterocycles. The van der Waals surface area contributed by atoms with Gasteiger partial charge < -0.3 is 19.6 Å². The number of fused-ring (bicyclic) bond motifs is 1. The number of halogens is 1. The second-order valence-corrected chi connectivity index (χ2v) is 10.5.